The first-order chi connectivity index (χ1) is 8.12. The van der Waals surface area contributed by atoms with Crippen LogP contribution in [0, 0.1) is 17.3 Å². The molecule has 2 aliphatic carbocycles. The van der Waals surface area contributed by atoms with Crippen molar-refractivity contribution in [1.82, 2.24) is 0 Å². The predicted molar refractivity (Wildman–Crippen MR) is 77.2 cm³/mol. The quantitative estimate of drug-likeness (QED) is 0.654. The fourth-order valence-corrected chi connectivity index (χ4v) is 4.42. The van der Waals surface area contributed by atoms with E-state index in [4.69, 9.17) is 23.2 Å². The first-order valence-corrected chi connectivity index (χ1v) is 7.99. The van der Waals surface area contributed by atoms with E-state index in [-0.39, 0.29) is 0 Å². The Morgan fingerprint density at radius 3 is 2.59 bits per heavy atom. The van der Waals surface area contributed by atoms with E-state index in [1.807, 2.05) is 18.2 Å². The zero-order valence-corrected chi connectivity index (χ0v) is 12.7. The van der Waals surface area contributed by atoms with Gasteiger partial charge in [0, 0.05) is 15.4 Å². The van der Waals surface area contributed by atoms with Gasteiger partial charge in [-0.25, -0.2) is 0 Å². The van der Waals surface area contributed by atoms with Gasteiger partial charge in [-0.05, 0) is 66.7 Å². The van der Waals surface area contributed by atoms with E-state index in [2.05, 4.69) is 15.9 Å². The van der Waals surface area contributed by atoms with E-state index < -0.39 is 0 Å². The summed E-state index contributed by atoms with van der Waals surface area (Å²) in [5.41, 5.74) is 1.63. The molecule has 92 valence electrons. The average molecular weight is 334 g/mol. The van der Waals surface area contributed by atoms with Crippen LogP contribution in [0.1, 0.15) is 24.8 Å². The van der Waals surface area contributed by atoms with E-state index >= 15 is 0 Å². The molecule has 0 radical (unpaired) electrons. The van der Waals surface area contributed by atoms with Crippen LogP contribution in [0.3, 0.4) is 0 Å². The second kappa shape index (κ2) is 4.43. The van der Waals surface area contributed by atoms with Crippen LogP contribution < -0.4 is 0 Å². The number of halogens is 3. The highest BCUT2D eigenvalue weighted by Gasteiger charge is 2.53. The number of hydrogen-bond donors (Lipinski definition) is 0. The Balaban J connectivity index is 1.83. The summed E-state index contributed by atoms with van der Waals surface area (Å²) in [6.07, 6.45) is 5.22. The number of alkyl halides is 1. The van der Waals surface area contributed by atoms with Gasteiger partial charge in [0.2, 0.25) is 0 Å². The Labute approximate surface area is 121 Å². The van der Waals surface area contributed by atoms with Crippen molar-refractivity contribution in [2.24, 2.45) is 17.3 Å². The van der Waals surface area contributed by atoms with Gasteiger partial charge in [0.25, 0.3) is 0 Å². The summed E-state index contributed by atoms with van der Waals surface area (Å²) in [5.74, 6) is 1.98. The fraction of sp³-hybridized carbons (Fsp3) is 0.571. The molecule has 2 unspecified atom stereocenters. The lowest BCUT2D eigenvalue weighted by Crippen LogP contribution is -2.23. The highest BCUT2D eigenvalue weighted by molar-refractivity contribution is 9.09. The summed E-state index contributed by atoms with van der Waals surface area (Å²) < 4.78 is 0. The minimum absolute atomic E-state index is 0.419. The van der Waals surface area contributed by atoms with Crippen molar-refractivity contribution < 1.29 is 0 Å². The summed E-state index contributed by atoms with van der Waals surface area (Å²) in [7, 11) is 0. The fourth-order valence-electron chi connectivity index (χ4n) is 3.39. The summed E-state index contributed by atoms with van der Waals surface area (Å²) in [6, 6.07) is 5.80. The van der Waals surface area contributed by atoms with E-state index in [1.54, 1.807) is 0 Å². The van der Waals surface area contributed by atoms with Gasteiger partial charge in [0.15, 0.2) is 0 Å². The maximum Gasteiger partial charge on any atom is 0.0439 e. The minimum atomic E-state index is 0.419. The highest BCUT2D eigenvalue weighted by Crippen LogP contribution is 2.61. The molecule has 2 fully saturated rings. The second-order valence-electron chi connectivity index (χ2n) is 5.71. The normalized spacial score (nSPS) is 34.8. The van der Waals surface area contributed by atoms with Crippen LogP contribution >= 0.6 is 39.1 Å². The molecule has 2 saturated carbocycles. The number of hydrogen-bond acceptors (Lipinski definition) is 0. The number of rotatable bonds is 3. The molecule has 1 aromatic carbocycles. The lowest BCUT2D eigenvalue weighted by Gasteiger charge is -2.29. The lowest BCUT2D eigenvalue weighted by molar-refractivity contribution is 0.308. The molecular weight excluding hydrogens is 319 g/mol. The summed E-state index contributed by atoms with van der Waals surface area (Å²) in [5, 5.41) is 2.73. The summed E-state index contributed by atoms with van der Waals surface area (Å²) >= 11 is 16.0. The Bertz CT molecular complexity index is 434. The third-order valence-electron chi connectivity index (χ3n) is 4.32. The smallest absolute Gasteiger partial charge is 0.0439 e. The zero-order valence-electron chi connectivity index (χ0n) is 9.56. The molecule has 2 aliphatic rings. The van der Waals surface area contributed by atoms with Gasteiger partial charge in [0.1, 0.15) is 0 Å². The maximum atomic E-state index is 6.27. The van der Waals surface area contributed by atoms with Crippen LogP contribution in [-0.4, -0.2) is 5.33 Å². The highest BCUT2D eigenvalue weighted by atomic mass is 79.9. The lowest BCUT2D eigenvalue weighted by atomic mass is 9.79. The number of fused-ring (bicyclic) bond motifs is 1. The van der Waals surface area contributed by atoms with Crippen molar-refractivity contribution in [3.8, 4) is 0 Å². The molecule has 0 aliphatic heterocycles. The molecule has 0 spiro atoms. The molecule has 0 amide bonds. The molecule has 17 heavy (non-hydrogen) atoms. The van der Waals surface area contributed by atoms with Crippen LogP contribution in [0.15, 0.2) is 18.2 Å². The van der Waals surface area contributed by atoms with Crippen molar-refractivity contribution in [3.05, 3.63) is 33.8 Å². The van der Waals surface area contributed by atoms with Gasteiger partial charge in [-0.3, -0.25) is 0 Å². The Morgan fingerprint density at radius 2 is 1.94 bits per heavy atom. The first-order valence-electron chi connectivity index (χ1n) is 6.12. The van der Waals surface area contributed by atoms with Gasteiger partial charge in [0.05, 0.1) is 0 Å². The average Bonchev–Trinajstić information content (AvgIpc) is 2.92. The molecule has 0 heterocycles. The van der Waals surface area contributed by atoms with Crippen LogP contribution in [-0.2, 0) is 6.42 Å². The molecule has 3 rings (SSSR count). The van der Waals surface area contributed by atoms with Gasteiger partial charge in [-0.15, -0.1) is 0 Å². The second-order valence-corrected chi connectivity index (χ2v) is 7.11. The van der Waals surface area contributed by atoms with Gasteiger partial charge < -0.3 is 0 Å². The van der Waals surface area contributed by atoms with Crippen LogP contribution in [0.5, 0.6) is 0 Å². The van der Waals surface area contributed by atoms with Crippen molar-refractivity contribution in [3.63, 3.8) is 0 Å². The van der Waals surface area contributed by atoms with E-state index in [1.165, 1.54) is 24.8 Å². The maximum absolute atomic E-state index is 6.27. The molecule has 1 aromatic rings. The van der Waals surface area contributed by atoms with Gasteiger partial charge in [-0.1, -0.05) is 39.1 Å². The van der Waals surface area contributed by atoms with Crippen molar-refractivity contribution in [2.45, 2.75) is 25.7 Å². The van der Waals surface area contributed by atoms with Crippen molar-refractivity contribution in [1.29, 1.82) is 0 Å². The SMILES string of the molecule is Clc1ccc(Cl)c(CC2(CBr)CC3CC3C2)c1. The topological polar surface area (TPSA) is 0 Å². The van der Waals surface area contributed by atoms with Crippen LogP contribution in [0.25, 0.3) is 0 Å². The molecule has 0 saturated heterocycles. The Hall–Kier alpha value is 0.280. The van der Waals surface area contributed by atoms with Crippen molar-refractivity contribution in [2.75, 3.05) is 5.33 Å². The molecule has 0 N–H and O–H groups in total. The predicted octanol–water partition coefficient (Wildman–Crippen LogP) is 5.35. The monoisotopic (exact) mass is 332 g/mol. The molecule has 0 nitrogen and oxygen atoms in total. The number of benzene rings is 1. The Morgan fingerprint density at radius 1 is 1.24 bits per heavy atom. The van der Waals surface area contributed by atoms with E-state index in [0.29, 0.717) is 5.41 Å². The molecule has 0 aromatic heterocycles. The standard InChI is InChI=1S/C14H15BrCl2/c15-8-14(5-9-3-10(9)6-14)7-11-4-12(16)1-2-13(11)17/h1-2,4,9-10H,3,5-8H2. The molecular formula is C14H15BrCl2. The third kappa shape index (κ3) is 2.39. The zero-order chi connectivity index (χ0) is 12.0. The summed E-state index contributed by atoms with van der Waals surface area (Å²) in [6.45, 7) is 0. The minimum Gasteiger partial charge on any atom is -0.0922 e. The molecule has 0 bridgehead atoms. The van der Waals surface area contributed by atoms with Gasteiger partial charge >= 0.3 is 0 Å². The van der Waals surface area contributed by atoms with Crippen LogP contribution in [0.2, 0.25) is 10.0 Å². The van der Waals surface area contributed by atoms with E-state index in [9.17, 15) is 0 Å². The molecule has 3 heteroatoms. The third-order valence-corrected chi connectivity index (χ3v) is 6.11. The first kappa shape index (κ1) is 12.3. The van der Waals surface area contributed by atoms with Crippen LogP contribution in [0.4, 0.5) is 0 Å². The van der Waals surface area contributed by atoms with Crippen molar-refractivity contribution >= 4 is 39.1 Å². The molecule has 2 atom stereocenters. The Kier molecular flexibility index (Phi) is 3.21. The largest absolute Gasteiger partial charge is 0.0922 e. The van der Waals surface area contributed by atoms with Gasteiger partial charge in [-0.2, -0.15) is 0 Å². The summed E-state index contributed by atoms with van der Waals surface area (Å²) in [4.78, 5) is 0. The van der Waals surface area contributed by atoms with E-state index in [0.717, 1.165) is 33.6 Å².